The molecule has 0 saturated heterocycles. The number of carbonyl (C=O) groups is 1. The molecule has 2 aromatic rings. The molecule has 126 valence electrons. The van der Waals surface area contributed by atoms with Crippen molar-refractivity contribution in [1.29, 1.82) is 0 Å². The summed E-state index contributed by atoms with van der Waals surface area (Å²) in [5, 5.41) is 17.2. The van der Waals surface area contributed by atoms with Crippen LogP contribution in [0.1, 0.15) is 11.1 Å². The third-order valence-corrected chi connectivity index (χ3v) is 4.10. The van der Waals surface area contributed by atoms with E-state index >= 15 is 0 Å². The number of aromatic nitrogens is 2. The van der Waals surface area contributed by atoms with Gasteiger partial charge in [-0.15, -0.1) is 0 Å². The molecule has 0 aliphatic carbocycles. The first-order valence-corrected chi connectivity index (χ1v) is 7.84. The average Bonchev–Trinajstić information content (AvgIpc) is 3.03. The highest BCUT2D eigenvalue weighted by Gasteiger charge is 2.15. The highest BCUT2D eigenvalue weighted by Crippen LogP contribution is 2.17. The molecule has 0 bridgehead atoms. The highest BCUT2D eigenvalue weighted by molar-refractivity contribution is 5.75. The van der Waals surface area contributed by atoms with E-state index in [0.29, 0.717) is 6.54 Å². The SMILES string of the molecule is O=C(Cn1cc([N+](=O)[O-])cn1)NCCN1CCc2ccccc2C1. The second-order valence-corrected chi connectivity index (χ2v) is 5.80. The van der Waals surface area contributed by atoms with Crippen LogP contribution >= 0.6 is 0 Å². The predicted octanol–water partition coefficient (Wildman–Crippen LogP) is 0.966. The zero-order valence-corrected chi connectivity index (χ0v) is 13.2. The summed E-state index contributed by atoms with van der Waals surface area (Å²) in [6.45, 7) is 3.19. The lowest BCUT2D eigenvalue weighted by molar-refractivity contribution is -0.385. The van der Waals surface area contributed by atoms with Crippen LogP contribution in [0.4, 0.5) is 5.69 Å². The van der Waals surface area contributed by atoms with Crippen molar-refractivity contribution in [3.63, 3.8) is 0 Å². The molecule has 1 aliphatic heterocycles. The Bertz CT molecular complexity index is 743. The Kier molecular flexibility index (Phi) is 4.85. The van der Waals surface area contributed by atoms with Crippen LogP contribution in [0, 0.1) is 10.1 Å². The van der Waals surface area contributed by atoms with Gasteiger partial charge in [0.15, 0.2) is 0 Å². The standard InChI is InChI=1S/C16H19N5O3/c22-16(12-20-11-15(9-18-20)21(23)24)17-6-8-19-7-5-13-3-1-2-4-14(13)10-19/h1-4,9,11H,5-8,10,12H2,(H,17,22). The number of rotatable bonds is 6. The van der Waals surface area contributed by atoms with Crippen molar-refractivity contribution in [2.75, 3.05) is 19.6 Å². The van der Waals surface area contributed by atoms with Crippen LogP contribution in [0.3, 0.4) is 0 Å². The van der Waals surface area contributed by atoms with Crippen LogP contribution in [0.25, 0.3) is 0 Å². The summed E-state index contributed by atoms with van der Waals surface area (Å²) in [7, 11) is 0. The first-order valence-electron chi connectivity index (χ1n) is 7.84. The number of hydrogen-bond acceptors (Lipinski definition) is 5. The van der Waals surface area contributed by atoms with E-state index in [-0.39, 0.29) is 18.1 Å². The molecule has 2 heterocycles. The predicted molar refractivity (Wildman–Crippen MR) is 87.3 cm³/mol. The van der Waals surface area contributed by atoms with Gasteiger partial charge in [0.2, 0.25) is 5.91 Å². The lowest BCUT2D eigenvalue weighted by Crippen LogP contribution is -2.38. The summed E-state index contributed by atoms with van der Waals surface area (Å²) in [5.74, 6) is -0.203. The summed E-state index contributed by atoms with van der Waals surface area (Å²) >= 11 is 0. The number of hydrogen-bond donors (Lipinski definition) is 1. The number of fused-ring (bicyclic) bond motifs is 1. The first kappa shape index (κ1) is 16.1. The third kappa shape index (κ3) is 3.96. The van der Waals surface area contributed by atoms with Gasteiger partial charge in [-0.1, -0.05) is 24.3 Å². The smallest absolute Gasteiger partial charge is 0.307 e. The third-order valence-electron chi connectivity index (χ3n) is 4.10. The molecular weight excluding hydrogens is 310 g/mol. The van der Waals surface area contributed by atoms with Gasteiger partial charge in [-0.3, -0.25) is 24.5 Å². The Balaban J connectivity index is 1.41. The second-order valence-electron chi connectivity index (χ2n) is 5.80. The van der Waals surface area contributed by atoms with Crippen LogP contribution in [0.15, 0.2) is 36.7 Å². The maximum atomic E-state index is 11.9. The van der Waals surface area contributed by atoms with E-state index in [1.165, 1.54) is 22.0 Å². The molecule has 0 atom stereocenters. The van der Waals surface area contributed by atoms with E-state index in [9.17, 15) is 14.9 Å². The van der Waals surface area contributed by atoms with Gasteiger partial charge in [-0.2, -0.15) is 5.10 Å². The van der Waals surface area contributed by atoms with Gasteiger partial charge in [0, 0.05) is 26.2 Å². The largest absolute Gasteiger partial charge is 0.353 e. The van der Waals surface area contributed by atoms with Crippen molar-refractivity contribution in [3.05, 3.63) is 57.9 Å². The summed E-state index contributed by atoms with van der Waals surface area (Å²) in [6, 6.07) is 8.42. The molecule has 0 saturated carbocycles. The summed E-state index contributed by atoms with van der Waals surface area (Å²) in [6.07, 6.45) is 3.42. The molecule has 1 aromatic heterocycles. The summed E-state index contributed by atoms with van der Waals surface area (Å²) in [4.78, 5) is 24.2. The Morgan fingerprint density at radius 2 is 2.12 bits per heavy atom. The van der Waals surface area contributed by atoms with Gasteiger partial charge in [0.25, 0.3) is 0 Å². The molecule has 1 aromatic carbocycles. The van der Waals surface area contributed by atoms with Crippen molar-refractivity contribution >= 4 is 11.6 Å². The number of benzene rings is 1. The molecule has 1 amide bonds. The van der Waals surface area contributed by atoms with Crippen LogP contribution in [-0.4, -0.2) is 45.1 Å². The molecule has 0 fully saturated rings. The normalized spacial score (nSPS) is 14.2. The number of amides is 1. The highest BCUT2D eigenvalue weighted by atomic mass is 16.6. The van der Waals surface area contributed by atoms with Gasteiger partial charge in [-0.05, 0) is 17.5 Å². The zero-order valence-electron chi connectivity index (χ0n) is 13.2. The number of carbonyl (C=O) groups excluding carboxylic acids is 1. The lowest BCUT2D eigenvalue weighted by atomic mass is 10.00. The minimum absolute atomic E-state index is 0.0172. The van der Waals surface area contributed by atoms with Crippen molar-refractivity contribution in [3.8, 4) is 0 Å². The molecule has 1 N–H and O–H groups in total. The van der Waals surface area contributed by atoms with Crippen molar-refractivity contribution < 1.29 is 9.72 Å². The molecule has 3 rings (SSSR count). The van der Waals surface area contributed by atoms with Gasteiger partial charge < -0.3 is 5.32 Å². The second kappa shape index (κ2) is 7.22. The molecular formula is C16H19N5O3. The van der Waals surface area contributed by atoms with Gasteiger partial charge in [0.05, 0.1) is 4.92 Å². The number of nitrogens with zero attached hydrogens (tertiary/aromatic N) is 4. The van der Waals surface area contributed by atoms with E-state index in [0.717, 1.165) is 32.3 Å². The topological polar surface area (TPSA) is 93.3 Å². The zero-order chi connectivity index (χ0) is 16.9. The Morgan fingerprint density at radius 3 is 2.88 bits per heavy atom. The van der Waals surface area contributed by atoms with Crippen molar-refractivity contribution in [2.45, 2.75) is 19.5 Å². The maximum absolute atomic E-state index is 11.9. The fourth-order valence-corrected chi connectivity index (χ4v) is 2.83. The Labute approximate surface area is 139 Å². The fourth-order valence-electron chi connectivity index (χ4n) is 2.83. The monoisotopic (exact) mass is 329 g/mol. The van der Waals surface area contributed by atoms with Gasteiger partial charge in [0.1, 0.15) is 18.9 Å². The van der Waals surface area contributed by atoms with Crippen LogP contribution in [0.5, 0.6) is 0 Å². The van der Waals surface area contributed by atoms with Crippen LogP contribution in [0.2, 0.25) is 0 Å². The van der Waals surface area contributed by atoms with Crippen LogP contribution in [-0.2, 0) is 24.3 Å². The molecule has 8 nitrogen and oxygen atoms in total. The van der Waals surface area contributed by atoms with Gasteiger partial charge in [-0.25, -0.2) is 0 Å². The van der Waals surface area contributed by atoms with E-state index in [1.54, 1.807) is 0 Å². The van der Waals surface area contributed by atoms with Crippen LogP contribution < -0.4 is 5.32 Å². The molecule has 0 radical (unpaired) electrons. The molecule has 8 heteroatoms. The summed E-state index contributed by atoms with van der Waals surface area (Å²) < 4.78 is 1.27. The van der Waals surface area contributed by atoms with E-state index < -0.39 is 4.92 Å². The quantitative estimate of drug-likeness (QED) is 0.629. The Morgan fingerprint density at radius 1 is 1.33 bits per heavy atom. The first-order chi connectivity index (χ1) is 11.6. The maximum Gasteiger partial charge on any atom is 0.307 e. The minimum atomic E-state index is -0.532. The molecule has 0 unspecified atom stereocenters. The number of nitrogens with one attached hydrogen (secondary N) is 1. The summed E-state index contributed by atoms with van der Waals surface area (Å²) in [5.41, 5.74) is 2.63. The lowest BCUT2D eigenvalue weighted by Gasteiger charge is -2.28. The average molecular weight is 329 g/mol. The fraction of sp³-hybridized carbons (Fsp3) is 0.375. The number of nitro groups is 1. The van der Waals surface area contributed by atoms with Gasteiger partial charge >= 0.3 is 5.69 Å². The Hall–Kier alpha value is -2.74. The van der Waals surface area contributed by atoms with E-state index in [2.05, 4.69) is 33.5 Å². The molecule has 24 heavy (non-hydrogen) atoms. The minimum Gasteiger partial charge on any atom is -0.353 e. The van der Waals surface area contributed by atoms with Crippen molar-refractivity contribution in [2.24, 2.45) is 0 Å². The van der Waals surface area contributed by atoms with E-state index in [1.807, 2.05) is 6.07 Å². The van der Waals surface area contributed by atoms with Crippen molar-refractivity contribution in [1.82, 2.24) is 20.0 Å². The molecule has 1 aliphatic rings. The molecule has 0 spiro atoms. The van der Waals surface area contributed by atoms with E-state index in [4.69, 9.17) is 0 Å².